The Labute approximate surface area is 177 Å². The maximum atomic E-state index is 14.6. The molecule has 6 heteroatoms. The predicted octanol–water partition coefficient (Wildman–Crippen LogP) is 5.69. The van der Waals surface area contributed by atoms with Gasteiger partial charge in [-0.25, -0.2) is 9.18 Å². The van der Waals surface area contributed by atoms with Gasteiger partial charge in [-0.1, -0.05) is 32.8 Å². The molecular formula is C24H29FO5. The van der Waals surface area contributed by atoms with Crippen LogP contribution in [0.5, 0.6) is 11.5 Å². The van der Waals surface area contributed by atoms with Crippen molar-refractivity contribution >= 4 is 5.97 Å². The van der Waals surface area contributed by atoms with E-state index in [0.717, 1.165) is 31.7 Å². The first-order valence-corrected chi connectivity index (χ1v) is 10.6. The summed E-state index contributed by atoms with van der Waals surface area (Å²) in [5.41, 5.74) is 0.414. The average molecular weight is 416 g/mol. The van der Waals surface area contributed by atoms with Crippen LogP contribution < -0.4 is 9.47 Å². The molecular weight excluding hydrogens is 387 g/mol. The zero-order valence-corrected chi connectivity index (χ0v) is 17.6. The van der Waals surface area contributed by atoms with E-state index in [2.05, 4.69) is 6.92 Å². The van der Waals surface area contributed by atoms with E-state index in [4.69, 9.17) is 18.9 Å². The second-order valence-electron chi connectivity index (χ2n) is 7.45. The van der Waals surface area contributed by atoms with Crippen molar-refractivity contribution in [3.05, 3.63) is 59.4 Å². The molecule has 0 atom stereocenters. The lowest BCUT2D eigenvalue weighted by molar-refractivity contribution is -0.207. The van der Waals surface area contributed by atoms with Crippen molar-refractivity contribution < 1.29 is 28.1 Å². The summed E-state index contributed by atoms with van der Waals surface area (Å²) in [5, 5.41) is 0. The Bertz CT molecular complexity index is 813. The summed E-state index contributed by atoms with van der Waals surface area (Å²) < 4.78 is 36.8. The molecule has 2 aromatic rings. The largest absolute Gasteiger partial charge is 0.494 e. The van der Waals surface area contributed by atoms with Crippen LogP contribution in [0, 0.1) is 11.7 Å². The summed E-state index contributed by atoms with van der Waals surface area (Å²) >= 11 is 0. The number of carbonyl (C=O) groups excluding carboxylic acids is 1. The predicted molar refractivity (Wildman–Crippen MR) is 111 cm³/mol. The molecule has 5 nitrogen and oxygen atoms in total. The van der Waals surface area contributed by atoms with E-state index in [1.165, 1.54) is 12.1 Å². The molecule has 1 fully saturated rings. The monoisotopic (exact) mass is 416 g/mol. The van der Waals surface area contributed by atoms with E-state index in [1.807, 2.05) is 6.92 Å². The molecule has 1 aliphatic rings. The van der Waals surface area contributed by atoms with Gasteiger partial charge in [0.2, 0.25) is 0 Å². The zero-order chi connectivity index (χ0) is 21.3. The SMILES string of the molecule is CCCCC1COC(c2ccc(C(=O)Oc3ccc(OCCC)cc3)cc2F)OC1. The van der Waals surface area contributed by atoms with Crippen molar-refractivity contribution in [3.8, 4) is 11.5 Å². The number of rotatable bonds is 9. The molecule has 1 saturated heterocycles. The number of esters is 1. The summed E-state index contributed by atoms with van der Waals surface area (Å²) in [6.07, 6.45) is 3.46. The molecule has 0 saturated carbocycles. The van der Waals surface area contributed by atoms with Crippen LogP contribution in [0.3, 0.4) is 0 Å². The van der Waals surface area contributed by atoms with Crippen LogP contribution in [0.4, 0.5) is 4.39 Å². The number of hydrogen-bond donors (Lipinski definition) is 0. The van der Waals surface area contributed by atoms with E-state index >= 15 is 0 Å². The van der Waals surface area contributed by atoms with Crippen LogP contribution in [0.15, 0.2) is 42.5 Å². The average Bonchev–Trinajstić information content (AvgIpc) is 2.77. The Balaban J connectivity index is 1.57. The van der Waals surface area contributed by atoms with Gasteiger partial charge in [0.25, 0.3) is 0 Å². The van der Waals surface area contributed by atoms with E-state index < -0.39 is 18.1 Å². The lowest BCUT2D eigenvalue weighted by Gasteiger charge is -2.29. The first kappa shape index (κ1) is 22.2. The second kappa shape index (κ2) is 11.1. The summed E-state index contributed by atoms with van der Waals surface area (Å²) in [4.78, 5) is 12.4. The summed E-state index contributed by atoms with van der Waals surface area (Å²) in [5.74, 6) is 0.233. The van der Waals surface area contributed by atoms with Crippen molar-refractivity contribution in [2.75, 3.05) is 19.8 Å². The molecule has 1 heterocycles. The highest BCUT2D eigenvalue weighted by Gasteiger charge is 2.26. The van der Waals surface area contributed by atoms with Crippen molar-refractivity contribution in [2.45, 2.75) is 45.8 Å². The molecule has 30 heavy (non-hydrogen) atoms. The third-order valence-corrected chi connectivity index (χ3v) is 4.93. The van der Waals surface area contributed by atoms with Gasteiger partial charge in [-0.05, 0) is 49.2 Å². The van der Waals surface area contributed by atoms with E-state index in [1.54, 1.807) is 24.3 Å². The molecule has 162 valence electrons. The van der Waals surface area contributed by atoms with E-state index in [9.17, 15) is 9.18 Å². The zero-order valence-electron chi connectivity index (χ0n) is 17.6. The van der Waals surface area contributed by atoms with Crippen LogP contribution >= 0.6 is 0 Å². The third kappa shape index (κ3) is 6.03. The van der Waals surface area contributed by atoms with Crippen LogP contribution in [0.2, 0.25) is 0 Å². The summed E-state index contributed by atoms with van der Waals surface area (Å²) in [6.45, 7) is 5.89. The summed E-state index contributed by atoms with van der Waals surface area (Å²) in [6, 6.07) is 11.0. The van der Waals surface area contributed by atoms with Crippen molar-refractivity contribution in [3.63, 3.8) is 0 Å². The standard InChI is InChI=1S/C24H29FO5/c1-3-5-6-17-15-28-24(29-16-17)21-12-7-18(14-22(21)25)23(26)30-20-10-8-19(9-11-20)27-13-4-2/h7-12,14,17,24H,3-6,13,15-16H2,1-2H3. The minimum Gasteiger partial charge on any atom is -0.494 e. The highest BCUT2D eigenvalue weighted by Crippen LogP contribution is 2.29. The Kier molecular flexibility index (Phi) is 8.22. The molecule has 3 rings (SSSR count). The van der Waals surface area contributed by atoms with Gasteiger partial charge in [-0.3, -0.25) is 0 Å². The van der Waals surface area contributed by atoms with Crippen molar-refractivity contribution in [1.29, 1.82) is 0 Å². The fraction of sp³-hybridized carbons (Fsp3) is 0.458. The Morgan fingerprint density at radius 3 is 2.37 bits per heavy atom. The van der Waals surface area contributed by atoms with Crippen LogP contribution in [-0.4, -0.2) is 25.8 Å². The minimum atomic E-state index is -0.747. The molecule has 0 N–H and O–H groups in total. The van der Waals surface area contributed by atoms with Gasteiger partial charge in [0.15, 0.2) is 6.29 Å². The van der Waals surface area contributed by atoms with Crippen LogP contribution in [-0.2, 0) is 9.47 Å². The molecule has 0 aliphatic carbocycles. The second-order valence-corrected chi connectivity index (χ2v) is 7.45. The minimum absolute atomic E-state index is 0.124. The van der Waals surface area contributed by atoms with Gasteiger partial charge in [-0.15, -0.1) is 0 Å². The Hall–Kier alpha value is -2.44. The molecule has 0 amide bonds. The lowest BCUT2D eigenvalue weighted by Crippen LogP contribution is -2.27. The Morgan fingerprint density at radius 2 is 1.73 bits per heavy atom. The fourth-order valence-electron chi connectivity index (χ4n) is 3.22. The smallest absolute Gasteiger partial charge is 0.343 e. The first-order valence-electron chi connectivity index (χ1n) is 10.6. The van der Waals surface area contributed by atoms with Gasteiger partial charge in [-0.2, -0.15) is 0 Å². The van der Waals surface area contributed by atoms with Gasteiger partial charge in [0.1, 0.15) is 17.3 Å². The maximum absolute atomic E-state index is 14.6. The first-order chi connectivity index (χ1) is 14.6. The normalized spacial score (nSPS) is 18.8. The van der Waals surface area contributed by atoms with E-state index in [0.29, 0.717) is 37.2 Å². The van der Waals surface area contributed by atoms with Crippen LogP contribution in [0.25, 0.3) is 0 Å². The molecule has 1 aliphatic heterocycles. The number of halogens is 1. The van der Waals surface area contributed by atoms with Crippen molar-refractivity contribution in [1.82, 2.24) is 0 Å². The van der Waals surface area contributed by atoms with E-state index in [-0.39, 0.29) is 11.1 Å². The number of benzene rings is 2. The Morgan fingerprint density at radius 1 is 1.03 bits per heavy atom. The van der Waals surface area contributed by atoms with Gasteiger partial charge < -0.3 is 18.9 Å². The molecule has 0 bridgehead atoms. The third-order valence-electron chi connectivity index (χ3n) is 4.93. The molecule has 0 spiro atoms. The highest BCUT2D eigenvalue weighted by atomic mass is 19.1. The maximum Gasteiger partial charge on any atom is 0.343 e. The highest BCUT2D eigenvalue weighted by molar-refractivity contribution is 5.91. The number of carbonyl (C=O) groups is 1. The van der Waals surface area contributed by atoms with Gasteiger partial charge in [0, 0.05) is 11.5 Å². The molecule has 0 aromatic heterocycles. The molecule has 0 radical (unpaired) electrons. The molecule has 0 unspecified atom stereocenters. The van der Waals surface area contributed by atoms with Gasteiger partial charge >= 0.3 is 5.97 Å². The molecule has 2 aromatic carbocycles. The topological polar surface area (TPSA) is 54.0 Å². The van der Waals surface area contributed by atoms with Crippen molar-refractivity contribution in [2.24, 2.45) is 5.92 Å². The summed E-state index contributed by atoms with van der Waals surface area (Å²) in [7, 11) is 0. The fourth-order valence-corrected chi connectivity index (χ4v) is 3.22. The quantitative estimate of drug-likeness (QED) is 0.388. The van der Waals surface area contributed by atoms with Gasteiger partial charge in [0.05, 0.1) is 25.4 Å². The van der Waals surface area contributed by atoms with Crippen LogP contribution in [0.1, 0.15) is 61.7 Å². The lowest BCUT2D eigenvalue weighted by atomic mass is 10.0. The number of ether oxygens (including phenoxy) is 4. The number of hydrogen-bond acceptors (Lipinski definition) is 5. The number of unbranched alkanes of at least 4 members (excludes halogenated alkanes) is 1.